The molecule has 1 heterocycles. The van der Waals surface area contributed by atoms with Crippen LogP contribution in [0.1, 0.15) is 28.7 Å². The third-order valence-electron chi connectivity index (χ3n) is 4.02. The maximum absolute atomic E-state index is 12.5. The highest BCUT2D eigenvalue weighted by Crippen LogP contribution is 2.23. The first-order valence-corrected chi connectivity index (χ1v) is 9.15. The molecular weight excluding hydrogens is 408 g/mol. The molecule has 0 saturated heterocycles. The van der Waals surface area contributed by atoms with E-state index in [1.165, 1.54) is 6.92 Å². The highest BCUT2D eigenvalue weighted by atomic mass is 79.9. The Morgan fingerprint density at radius 3 is 2.19 bits per heavy atom. The van der Waals surface area contributed by atoms with E-state index < -0.39 is 0 Å². The summed E-state index contributed by atoms with van der Waals surface area (Å²) in [5.41, 5.74) is 4.56. The molecule has 138 valence electrons. The van der Waals surface area contributed by atoms with Gasteiger partial charge >= 0.3 is 0 Å². The Balaban J connectivity index is 1.76. The van der Waals surface area contributed by atoms with Crippen LogP contribution in [-0.2, 0) is 4.79 Å². The van der Waals surface area contributed by atoms with Crippen molar-refractivity contribution in [3.63, 3.8) is 0 Å². The average molecular weight is 427 g/mol. The van der Waals surface area contributed by atoms with Crippen LogP contribution >= 0.6 is 15.9 Å². The summed E-state index contributed by atoms with van der Waals surface area (Å²) in [5, 5.41) is 10.0. The lowest BCUT2D eigenvalue weighted by Gasteiger charge is -2.09. The Labute approximate surface area is 165 Å². The third kappa shape index (κ3) is 4.25. The molecule has 0 aliphatic rings. The summed E-state index contributed by atoms with van der Waals surface area (Å²) in [6, 6.07) is 14.2. The minimum Gasteiger partial charge on any atom is -0.326 e. The largest absolute Gasteiger partial charge is 0.326 e. The zero-order chi connectivity index (χ0) is 19.6. The van der Waals surface area contributed by atoms with Crippen LogP contribution in [0.2, 0.25) is 0 Å². The topological polar surface area (TPSA) is 76.0 Å². The molecule has 0 unspecified atom stereocenters. The van der Waals surface area contributed by atoms with Crippen LogP contribution in [-0.4, -0.2) is 21.6 Å². The van der Waals surface area contributed by atoms with Crippen molar-refractivity contribution < 1.29 is 9.59 Å². The van der Waals surface area contributed by atoms with Gasteiger partial charge in [0.2, 0.25) is 5.91 Å². The van der Waals surface area contributed by atoms with E-state index in [2.05, 4.69) is 31.7 Å². The lowest BCUT2D eigenvalue weighted by molar-refractivity contribution is -0.114. The minimum atomic E-state index is -0.226. The van der Waals surface area contributed by atoms with Gasteiger partial charge in [0.25, 0.3) is 5.91 Å². The minimum absolute atomic E-state index is 0.162. The van der Waals surface area contributed by atoms with Gasteiger partial charge in [-0.3, -0.25) is 9.59 Å². The quantitative estimate of drug-likeness (QED) is 0.646. The zero-order valence-electron chi connectivity index (χ0n) is 15.2. The molecule has 0 bridgehead atoms. The molecule has 0 saturated carbocycles. The number of hydrogen-bond acceptors (Lipinski definition) is 3. The maximum Gasteiger partial charge on any atom is 0.255 e. The summed E-state index contributed by atoms with van der Waals surface area (Å²) < 4.78 is 2.81. The molecule has 0 aliphatic heterocycles. The van der Waals surface area contributed by atoms with Crippen molar-refractivity contribution in [3.05, 3.63) is 70.0 Å². The number of hydrogen-bond donors (Lipinski definition) is 2. The first kappa shape index (κ1) is 18.8. The fourth-order valence-electron chi connectivity index (χ4n) is 2.71. The zero-order valence-corrected chi connectivity index (χ0v) is 16.8. The molecule has 0 atom stereocenters. The summed E-state index contributed by atoms with van der Waals surface area (Å²) in [7, 11) is 0. The fraction of sp³-hybridized carbons (Fsp3) is 0.150. The number of amides is 2. The van der Waals surface area contributed by atoms with E-state index >= 15 is 0 Å². The summed E-state index contributed by atoms with van der Waals surface area (Å²) in [6.07, 6.45) is 0. The van der Waals surface area contributed by atoms with Crippen LogP contribution in [0.15, 0.2) is 53.0 Å². The summed E-state index contributed by atoms with van der Waals surface area (Å²) in [4.78, 5) is 23.6. The Kier molecular flexibility index (Phi) is 5.41. The Morgan fingerprint density at radius 1 is 1.00 bits per heavy atom. The lowest BCUT2D eigenvalue weighted by Crippen LogP contribution is -2.13. The van der Waals surface area contributed by atoms with E-state index in [4.69, 9.17) is 0 Å². The van der Waals surface area contributed by atoms with Gasteiger partial charge in [-0.05, 0) is 72.2 Å². The smallest absolute Gasteiger partial charge is 0.255 e. The molecule has 0 radical (unpaired) electrons. The SMILES string of the molecule is CC(=O)Nc1cccc(NC(=O)c2ccc(-n3nc(C)c(Br)c3C)cc2)c1. The molecule has 2 aromatic carbocycles. The van der Waals surface area contributed by atoms with Crippen molar-refractivity contribution in [2.45, 2.75) is 20.8 Å². The van der Waals surface area contributed by atoms with Crippen molar-refractivity contribution in [2.75, 3.05) is 10.6 Å². The van der Waals surface area contributed by atoms with E-state index in [-0.39, 0.29) is 11.8 Å². The average Bonchev–Trinajstić information content (AvgIpc) is 2.89. The number of halogens is 1. The van der Waals surface area contributed by atoms with Gasteiger partial charge in [0.1, 0.15) is 0 Å². The van der Waals surface area contributed by atoms with Gasteiger partial charge in [-0.15, -0.1) is 0 Å². The number of anilines is 2. The van der Waals surface area contributed by atoms with E-state index in [9.17, 15) is 9.59 Å². The van der Waals surface area contributed by atoms with Gasteiger partial charge in [0.15, 0.2) is 0 Å². The molecule has 3 aromatic rings. The standard InChI is InChI=1S/C20H19BrN4O2/c1-12-19(21)13(2)25(24-12)18-9-7-15(8-10-18)20(27)23-17-6-4-5-16(11-17)22-14(3)26/h4-11H,1-3H3,(H,22,26)(H,23,27). The number of aryl methyl sites for hydroxylation is 1. The first-order chi connectivity index (χ1) is 12.8. The normalized spacial score (nSPS) is 10.5. The molecule has 0 spiro atoms. The molecule has 2 amide bonds. The molecule has 3 rings (SSSR count). The molecular formula is C20H19BrN4O2. The summed E-state index contributed by atoms with van der Waals surface area (Å²) >= 11 is 3.52. The van der Waals surface area contributed by atoms with Gasteiger partial charge in [0, 0.05) is 23.9 Å². The molecule has 0 fully saturated rings. The fourth-order valence-corrected chi connectivity index (χ4v) is 2.96. The Bertz CT molecular complexity index is 1010. The summed E-state index contributed by atoms with van der Waals surface area (Å²) in [5.74, 6) is -0.388. The van der Waals surface area contributed by atoms with E-state index in [0.29, 0.717) is 16.9 Å². The number of benzene rings is 2. The number of nitrogens with zero attached hydrogens (tertiary/aromatic N) is 2. The monoisotopic (exact) mass is 426 g/mol. The van der Waals surface area contributed by atoms with E-state index in [1.54, 1.807) is 36.4 Å². The second-order valence-corrected chi connectivity index (χ2v) is 6.95. The number of carbonyl (C=O) groups excluding carboxylic acids is 2. The van der Waals surface area contributed by atoms with Crippen LogP contribution in [0, 0.1) is 13.8 Å². The predicted octanol–water partition coefficient (Wildman–Crippen LogP) is 4.46. The van der Waals surface area contributed by atoms with E-state index in [1.807, 2.05) is 30.7 Å². The Morgan fingerprint density at radius 2 is 1.63 bits per heavy atom. The third-order valence-corrected chi connectivity index (χ3v) is 5.17. The molecule has 2 N–H and O–H groups in total. The summed E-state index contributed by atoms with van der Waals surface area (Å²) in [6.45, 7) is 5.35. The lowest BCUT2D eigenvalue weighted by atomic mass is 10.2. The van der Waals surface area contributed by atoms with Crippen LogP contribution in [0.3, 0.4) is 0 Å². The maximum atomic E-state index is 12.5. The molecule has 7 heteroatoms. The van der Waals surface area contributed by atoms with Gasteiger partial charge in [-0.25, -0.2) is 4.68 Å². The number of nitrogens with one attached hydrogen (secondary N) is 2. The van der Waals surface area contributed by atoms with Crippen LogP contribution < -0.4 is 10.6 Å². The predicted molar refractivity (Wildman–Crippen MR) is 109 cm³/mol. The second kappa shape index (κ2) is 7.75. The highest BCUT2D eigenvalue weighted by Gasteiger charge is 2.12. The van der Waals surface area contributed by atoms with Gasteiger partial charge in [0.05, 0.1) is 21.5 Å². The van der Waals surface area contributed by atoms with Crippen molar-refractivity contribution in [1.29, 1.82) is 0 Å². The number of aromatic nitrogens is 2. The van der Waals surface area contributed by atoms with Crippen LogP contribution in [0.5, 0.6) is 0 Å². The highest BCUT2D eigenvalue weighted by molar-refractivity contribution is 9.10. The van der Waals surface area contributed by atoms with Gasteiger partial charge in [-0.1, -0.05) is 6.07 Å². The van der Waals surface area contributed by atoms with Gasteiger partial charge in [-0.2, -0.15) is 5.10 Å². The molecule has 27 heavy (non-hydrogen) atoms. The van der Waals surface area contributed by atoms with Gasteiger partial charge < -0.3 is 10.6 Å². The Hall–Kier alpha value is -2.93. The second-order valence-electron chi connectivity index (χ2n) is 6.16. The van der Waals surface area contributed by atoms with Crippen molar-refractivity contribution >= 4 is 39.1 Å². The first-order valence-electron chi connectivity index (χ1n) is 8.36. The number of carbonyl (C=O) groups is 2. The molecule has 1 aromatic heterocycles. The molecule has 6 nitrogen and oxygen atoms in total. The van der Waals surface area contributed by atoms with Crippen LogP contribution in [0.25, 0.3) is 5.69 Å². The number of rotatable bonds is 4. The molecule has 0 aliphatic carbocycles. The van der Waals surface area contributed by atoms with Crippen molar-refractivity contribution in [3.8, 4) is 5.69 Å². The van der Waals surface area contributed by atoms with Crippen molar-refractivity contribution in [1.82, 2.24) is 9.78 Å². The van der Waals surface area contributed by atoms with Crippen LogP contribution in [0.4, 0.5) is 11.4 Å². The van der Waals surface area contributed by atoms with Crippen molar-refractivity contribution in [2.24, 2.45) is 0 Å². The van der Waals surface area contributed by atoms with E-state index in [0.717, 1.165) is 21.5 Å².